The van der Waals surface area contributed by atoms with Crippen LogP contribution in [0, 0.1) is 0 Å². The minimum absolute atomic E-state index is 0.459. The van der Waals surface area contributed by atoms with Gasteiger partial charge in [0.05, 0.1) is 0 Å². The van der Waals surface area contributed by atoms with Crippen LogP contribution in [0.25, 0.3) is 10.8 Å². The summed E-state index contributed by atoms with van der Waals surface area (Å²) in [4.78, 5) is 16.0. The standard InChI is InChI=1S/C11H10N2O2/c1-13(11(14)15)10-9-5-3-2-4-8(9)6-7-12-10/h2-7H,1H3,(H,14,15). The summed E-state index contributed by atoms with van der Waals surface area (Å²) in [7, 11) is 1.48. The van der Waals surface area contributed by atoms with Crippen molar-refractivity contribution in [2.24, 2.45) is 0 Å². The van der Waals surface area contributed by atoms with Crippen LogP contribution in [0.3, 0.4) is 0 Å². The number of nitrogens with zero attached hydrogens (tertiary/aromatic N) is 2. The average molecular weight is 202 g/mol. The van der Waals surface area contributed by atoms with E-state index in [1.54, 1.807) is 6.20 Å². The van der Waals surface area contributed by atoms with Crippen LogP contribution in [0.2, 0.25) is 0 Å². The summed E-state index contributed by atoms with van der Waals surface area (Å²) in [5.41, 5.74) is 0. The van der Waals surface area contributed by atoms with Crippen LogP contribution in [-0.4, -0.2) is 23.2 Å². The number of amides is 1. The first-order valence-electron chi connectivity index (χ1n) is 4.50. The molecule has 4 nitrogen and oxygen atoms in total. The third-order valence-electron chi connectivity index (χ3n) is 2.26. The highest BCUT2D eigenvalue weighted by atomic mass is 16.4. The van der Waals surface area contributed by atoms with Crippen molar-refractivity contribution in [2.45, 2.75) is 0 Å². The Hall–Kier alpha value is -2.10. The van der Waals surface area contributed by atoms with Gasteiger partial charge in [-0.2, -0.15) is 0 Å². The summed E-state index contributed by atoms with van der Waals surface area (Å²) in [5, 5.41) is 10.7. The molecule has 1 aromatic carbocycles. The molecule has 0 fully saturated rings. The van der Waals surface area contributed by atoms with Crippen LogP contribution < -0.4 is 4.90 Å². The maximum atomic E-state index is 10.8. The third kappa shape index (κ3) is 1.61. The summed E-state index contributed by atoms with van der Waals surface area (Å²) in [5.74, 6) is 0.459. The molecule has 0 aliphatic heterocycles. The number of carbonyl (C=O) groups is 1. The first-order valence-corrected chi connectivity index (χ1v) is 4.50. The largest absolute Gasteiger partial charge is 0.465 e. The molecule has 1 heterocycles. The highest BCUT2D eigenvalue weighted by Crippen LogP contribution is 2.22. The average Bonchev–Trinajstić information content (AvgIpc) is 2.27. The van der Waals surface area contributed by atoms with Crippen molar-refractivity contribution in [3.8, 4) is 0 Å². The van der Waals surface area contributed by atoms with Crippen LogP contribution in [0.5, 0.6) is 0 Å². The van der Waals surface area contributed by atoms with Gasteiger partial charge in [-0.25, -0.2) is 9.78 Å². The van der Waals surface area contributed by atoms with Gasteiger partial charge >= 0.3 is 6.09 Å². The topological polar surface area (TPSA) is 53.4 Å². The van der Waals surface area contributed by atoms with Gasteiger partial charge in [0.25, 0.3) is 0 Å². The number of pyridine rings is 1. The molecule has 1 N–H and O–H groups in total. The lowest BCUT2D eigenvalue weighted by molar-refractivity contribution is 0.203. The zero-order chi connectivity index (χ0) is 10.8. The van der Waals surface area contributed by atoms with Crippen LogP contribution in [0.4, 0.5) is 10.6 Å². The Balaban J connectivity index is 2.65. The summed E-state index contributed by atoms with van der Waals surface area (Å²) in [6.07, 6.45) is 0.593. The van der Waals surface area contributed by atoms with E-state index in [1.807, 2.05) is 30.3 Å². The minimum Gasteiger partial charge on any atom is -0.465 e. The van der Waals surface area contributed by atoms with Crippen molar-refractivity contribution >= 4 is 22.7 Å². The number of aromatic nitrogens is 1. The van der Waals surface area contributed by atoms with E-state index in [-0.39, 0.29) is 0 Å². The van der Waals surface area contributed by atoms with Gasteiger partial charge in [0.15, 0.2) is 0 Å². The number of anilines is 1. The lowest BCUT2D eigenvalue weighted by Crippen LogP contribution is -2.24. The van der Waals surface area contributed by atoms with Gasteiger partial charge in [0.1, 0.15) is 5.82 Å². The fourth-order valence-corrected chi connectivity index (χ4v) is 1.46. The summed E-state index contributed by atoms with van der Waals surface area (Å²) >= 11 is 0. The predicted octanol–water partition coefficient (Wildman–Crippen LogP) is 2.35. The molecule has 0 unspecified atom stereocenters. The second-order valence-electron chi connectivity index (χ2n) is 3.20. The first kappa shape index (κ1) is 9.45. The number of hydrogen-bond acceptors (Lipinski definition) is 2. The van der Waals surface area contributed by atoms with E-state index in [4.69, 9.17) is 5.11 Å². The molecule has 0 bridgehead atoms. The Morgan fingerprint density at radius 2 is 2.07 bits per heavy atom. The minimum atomic E-state index is -1.01. The molecule has 1 amide bonds. The molecule has 0 radical (unpaired) electrons. The van der Waals surface area contributed by atoms with E-state index in [0.29, 0.717) is 5.82 Å². The smallest absolute Gasteiger partial charge is 0.412 e. The van der Waals surface area contributed by atoms with E-state index >= 15 is 0 Å². The summed E-state index contributed by atoms with van der Waals surface area (Å²) < 4.78 is 0. The van der Waals surface area contributed by atoms with Gasteiger partial charge in [0, 0.05) is 18.6 Å². The second-order valence-corrected chi connectivity index (χ2v) is 3.20. The number of benzene rings is 1. The fourth-order valence-electron chi connectivity index (χ4n) is 1.46. The highest BCUT2D eigenvalue weighted by molar-refractivity contribution is 5.98. The maximum absolute atomic E-state index is 10.8. The molecule has 0 atom stereocenters. The maximum Gasteiger partial charge on any atom is 0.412 e. The second kappa shape index (κ2) is 3.57. The van der Waals surface area contributed by atoms with Crippen molar-refractivity contribution in [3.63, 3.8) is 0 Å². The van der Waals surface area contributed by atoms with Crippen LogP contribution >= 0.6 is 0 Å². The Morgan fingerprint density at radius 1 is 1.33 bits per heavy atom. The van der Waals surface area contributed by atoms with Crippen molar-refractivity contribution in [2.75, 3.05) is 11.9 Å². The summed E-state index contributed by atoms with van der Waals surface area (Å²) in [6, 6.07) is 9.41. The molecule has 76 valence electrons. The molecule has 15 heavy (non-hydrogen) atoms. The zero-order valence-electron chi connectivity index (χ0n) is 8.21. The molecule has 0 saturated carbocycles. The van der Waals surface area contributed by atoms with E-state index in [1.165, 1.54) is 7.05 Å². The Bertz CT molecular complexity index is 505. The molecule has 0 saturated heterocycles. The van der Waals surface area contributed by atoms with E-state index < -0.39 is 6.09 Å². The fraction of sp³-hybridized carbons (Fsp3) is 0.0909. The van der Waals surface area contributed by atoms with Gasteiger partial charge in [-0.15, -0.1) is 0 Å². The molecular formula is C11H10N2O2. The lowest BCUT2D eigenvalue weighted by atomic mass is 10.1. The Labute approximate surface area is 86.8 Å². The van der Waals surface area contributed by atoms with Gasteiger partial charge < -0.3 is 5.11 Å². The molecule has 2 aromatic rings. The molecule has 0 aliphatic rings. The number of fused-ring (bicyclic) bond motifs is 1. The van der Waals surface area contributed by atoms with Crippen molar-refractivity contribution in [1.82, 2.24) is 4.98 Å². The quantitative estimate of drug-likeness (QED) is 0.772. The van der Waals surface area contributed by atoms with Gasteiger partial charge in [0.2, 0.25) is 0 Å². The summed E-state index contributed by atoms with van der Waals surface area (Å²) in [6.45, 7) is 0. The molecule has 0 aliphatic carbocycles. The van der Waals surface area contributed by atoms with Crippen LogP contribution in [0.1, 0.15) is 0 Å². The highest BCUT2D eigenvalue weighted by Gasteiger charge is 2.12. The van der Waals surface area contributed by atoms with E-state index in [2.05, 4.69) is 4.98 Å². The first-order chi connectivity index (χ1) is 7.20. The zero-order valence-corrected chi connectivity index (χ0v) is 8.21. The molecule has 0 spiro atoms. The lowest BCUT2D eigenvalue weighted by Gasteiger charge is -2.13. The monoisotopic (exact) mass is 202 g/mol. The van der Waals surface area contributed by atoms with E-state index in [9.17, 15) is 4.79 Å². The normalized spacial score (nSPS) is 10.2. The third-order valence-corrected chi connectivity index (χ3v) is 2.26. The Morgan fingerprint density at radius 3 is 2.80 bits per heavy atom. The van der Waals surface area contributed by atoms with Crippen molar-refractivity contribution in [3.05, 3.63) is 36.5 Å². The van der Waals surface area contributed by atoms with Crippen molar-refractivity contribution in [1.29, 1.82) is 0 Å². The molecule has 4 heteroatoms. The number of rotatable bonds is 1. The van der Waals surface area contributed by atoms with Gasteiger partial charge in [-0.05, 0) is 11.5 Å². The molecular weight excluding hydrogens is 192 g/mol. The van der Waals surface area contributed by atoms with Crippen LogP contribution in [0.15, 0.2) is 36.5 Å². The van der Waals surface area contributed by atoms with E-state index in [0.717, 1.165) is 15.7 Å². The van der Waals surface area contributed by atoms with Crippen LogP contribution in [-0.2, 0) is 0 Å². The molecule has 1 aromatic heterocycles. The molecule has 2 rings (SSSR count). The SMILES string of the molecule is CN(C(=O)O)c1nccc2ccccc12. The predicted molar refractivity (Wildman–Crippen MR) is 58.2 cm³/mol. The Kier molecular flexibility index (Phi) is 2.25. The van der Waals surface area contributed by atoms with Gasteiger partial charge in [-0.1, -0.05) is 24.3 Å². The number of hydrogen-bond donors (Lipinski definition) is 1. The van der Waals surface area contributed by atoms with Crippen molar-refractivity contribution < 1.29 is 9.90 Å². The van der Waals surface area contributed by atoms with Gasteiger partial charge in [-0.3, -0.25) is 4.90 Å². The number of carboxylic acid groups (broad SMARTS) is 1.